The fraction of sp³-hybridized carbons (Fsp3) is 0.409. The molecule has 1 aliphatic rings. The Labute approximate surface area is 208 Å². The van der Waals surface area contributed by atoms with E-state index in [0.717, 1.165) is 16.9 Å². The Kier molecular flexibility index (Phi) is 7.99. The molecule has 3 heterocycles. The Balaban J connectivity index is 1.22. The van der Waals surface area contributed by atoms with Gasteiger partial charge < -0.3 is 9.42 Å². The number of hydrogen-bond donors (Lipinski definition) is 0. The van der Waals surface area contributed by atoms with Crippen molar-refractivity contribution in [2.75, 3.05) is 33.2 Å². The van der Waals surface area contributed by atoms with Gasteiger partial charge in [-0.15, -0.1) is 11.3 Å². The predicted octanol–water partition coefficient (Wildman–Crippen LogP) is 2.88. The lowest BCUT2D eigenvalue weighted by atomic mass is 10.2. The predicted molar refractivity (Wildman–Crippen MR) is 129 cm³/mol. The van der Waals surface area contributed by atoms with Gasteiger partial charge in [-0.2, -0.15) is 9.29 Å². The molecule has 3 aromatic rings. The number of benzene rings is 1. The summed E-state index contributed by atoms with van der Waals surface area (Å²) in [4.78, 5) is 20.6. The van der Waals surface area contributed by atoms with Crippen LogP contribution in [0.1, 0.15) is 23.7 Å². The van der Waals surface area contributed by atoms with E-state index in [2.05, 4.69) is 15.0 Å². The van der Waals surface area contributed by atoms with E-state index in [1.165, 1.54) is 4.31 Å². The summed E-state index contributed by atoms with van der Waals surface area (Å²) in [5.41, 5.74) is 1.07. The van der Waals surface area contributed by atoms with Crippen LogP contribution < -0.4 is 0 Å². The topological polar surface area (TPSA) is 99.9 Å². The highest BCUT2D eigenvalue weighted by atomic mass is 35.5. The lowest BCUT2D eigenvalue weighted by molar-refractivity contribution is -0.130. The minimum absolute atomic E-state index is 0.00737. The highest BCUT2D eigenvalue weighted by Gasteiger charge is 2.30. The van der Waals surface area contributed by atoms with Crippen LogP contribution in [0.2, 0.25) is 4.34 Å². The van der Waals surface area contributed by atoms with Crippen molar-refractivity contribution in [2.24, 2.45) is 0 Å². The Morgan fingerprint density at radius 2 is 1.88 bits per heavy atom. The lowest BCUT2D eigenvalue weighted by Gasteiger charge is -2.32. The molecule has 1 aromatic carbocycles. The third kappa shape index (κ3) is 6.22. The summed E-state index contributed by atoms with van der Waals surface area (Å²) >= 11 is 6.96. The molecule has 0 spiro atoms. The first-order valence-corrected chi connectivity index (χ1v) is 13.5. The second-order valence-electron chi connectivity index (χ2n) is 8.08. The number of rotatable bonds is 9. The average Bonchev–Trinajstić information content (AvgIpc) is 3.47. The van der Waals surface area contributed by atoms with E-state index in [1.807, 2.05) is 30.3 Å². The number of piperazine rings is 1. The number of aromatic nitrogens is 2. The van der Waals surface area contributed by atoms with E-state index in [4.69, 9.17) is 16.1 Å². The Hall–Kier alpha value is -2.31. The zero-order valence-electron chi connectivity index (χ0n) is 18.8. The maximum atomic E-state index is 12.7. The van der Waals surface area contributed by atoms with Gasteiger partial charge >= 0.3 is 0 Å². The molecule has 182 valence electrons. The van der Waals surface area contributed by atoms with Crippen molar-refractivity contribution < 1.29 is 17.7 Å². The molecule has 0 radical (unpaired) electrons. The Morgan fingerprint density at radius 1 is 1.15 bits per heavy atom. The van der Waals surface area contributed by atoms with Crippen LogP contribution >= 0.6 is 22.9 Å². The summed E-state index contributed by atoms with van der Waals surface area (Å²) < 4.78 is 33.0. The van der Waals surface area contributed by atoms with Gasteiger partial charge in [0.15, 0.2) is 5.82 Å². The number of carbonyl (C=O) groups is 1. The first-order valence-electron chi connectivity index (χ1n) is 10.9. The summed E-state index contributed by atoms with van der Waals surface area (Å²) in [5.74, 6) is 0.960. The first kappa shape index (κ1) is 24.8. The summed E-state index contributed by atoms with van der Waals surface area (Å²) in [6.07, 6.45) is 0.661. The number of amides is 1. The van der Waals surface area contributed by atoms with Crippen LogP contribution in [0.15, 0.2) is 51.2 Å². The zero-order chi connectivity index (χ0) is 24.1. The van der Waals surface area contributed by atoms with E-state index in [-0.39, 0.29) is 16.5 Å². The van der Waals surface area contributed by atoms with Crippen molar-refractivity contribution in [3.05, 3.63) is 64.1 Å². The van der Waals surface area contributed by atoms with E-state index in [1.54, 1.807) is 24.1 Å². The lowest BCUT2D eigenvalue weighted by Crippen LogP contribution is -2.48. The van der Waals surface area contributed by atoms with Gasteiger partial charge in [0.1, 0.15) is 4.21 Å². The van der Waals surface area contributed by atoms with Gasteiger partial charge in [0.2, 0.25) is 11.8 Å². The van der Waals surface area contributed by atoms with E-state index >= 15 is 0 Å². The number of aryl methyl sites for hydroxylation is 1. The molecule has 0 bridgehead atoms. The normalized spacial score (nSPS) is 15.5. The van der Waals surface area contributed by atoms with Crippen molar-refractivity contribution in [2.45, 2.75) is 30.1 Å². The van der Waals surface area contributed by atoms with Crippen LogP contribution in [0, 0.1) is 0 Å². The minimum Gasteiger partial charge on any atom is -0.341 e. The summed E-state index contributed by atoms with van der Waals surface area (Å²) in [5, 5.41) is 4.02. The molecule has 0 N–H and O–H groups in total. The SMILES string of the molecule is CN(Cc1ccccc1)C(=O)CCc1nc(CN2CCN(S(=O)(=O)c3ccc(Cl)s3)CC2)no1. The minimum atomic E-state index is -3.52. The highest BCUT2D eigenvalue weighted by Crippen LogP contribution is 2.28. The van der Waals surface area contributed by atoms with Gasteiger partial charge in [0.25, 0.3) is 10.0 Å². The van der Waals surface area contributed by atoms with Gasteiger partial charge in [-0.1, -0.05) is 47.1 Å². The molecule has 34 heavy (non-hydrogen) atoms. The van der Waals surface area contributed by atoms with Gasteiger partial charge in [-0.3, -0.25) is 9.69 Å². The van der Waals surface area contributed by atoms with Crippen LogP contribution in [0.25, 0.3) is 0 Å². The summed E-state index contributed by atoms with van der Waals surface area (Å²) in [6, 6.07) is 13.0. The largest absolute Gasteiger partial charge is 0.341 e. The third-order valence-electron chi connectivity index (χ3n) is 5.59. The molecule has 1 fully saturated rings. The molecular weight excluding hydrogens is 498 g/mol. The van der Waals surface area contributed by atoms with Gasteiger partial charge in [-0.05, 0) is 17.7 Å². The molecule has 1 amide bonds. The number of nitrogens with zero attached hydrogens (tertiary/aromatic N) is 5. The first-order chi connectivity index (χ1) is 16.3. The summed E-state index contributed by atoms with van der Waals surface area (Å²) in [7, 11) is -1.74. The molecule has 12 heteroatoms. The van der Waals surface area contributed by atoms with Crippen molar-refractivity contribution in [1.29, 1.82) is 0 Å². The fourth-order valence-corrected chi connectivity index (χ4v) is 6.76. The van der Waals surface area contributed by atoms with Crippen molar-refractivity contribution in [1.82, 2.24) is 24.2 Å². The summed E-state index contributed by atoms with van der Waals surface area (Å²) in [6.45, 7) is 2.89. The molecule has 1 aliphatic heterocycles. The second-order valence-corrected chi connectivity index (χ2v) is 12.0. The van der Waals surface area contributed by atoms with Crippen LogP contribution in [-0.2, 0) is 34.3 Å². The molecule has 0 saturated carbocycles. The fourth-order valence-electron chi connectivity index (χ4n) is 3.70. The Bertz CT molecular complexity index is 1210. The molecule has 1 saturated heterocycles. The van der Waals surface area contributed by atoms with E-state index in [9.17, 15) is 13.2 Å². The average molecular weight is 524 g/mol. The number of halogens is 1. The van der Waals surface area contributed by atoms with Crippen LogP contribution in [0.4, 0.5) is 0 Å². The monoisotopic (exact) mass is 523 g/mol. The number of sulfonamides is 1. The number of carbonyl (C=O) groups excluding carboxylic acids is 1. The number of hydrogen-bond acceptors (Lipinski definition) is 8. The smallest absolute Gasteiger partial charge is 0.252 e. The number of thiophene rings is 1. The maximum absolute atomic E-state index is 12.7. The van der Waals surface area contributed by atoms with Gasteiger partial charge in [-0.25, -0.2) is 8.42 Å². The van der Waals surface area contributed by atoms with E-state index in [0.29, 0.717) is 61.7 Å². The van der Waals surface area contributed by atoms with Gasteiger partial charge in [0.05, 0.1) is 10.9 Å². The van der Waals surface area contributed by atoms with Crippen LogP contribution in [0.5, 0.6) is 0 Å². The second kappa shape index (κ2) is 11.0. The molecule has 0 unspecified atom stereocenters. The molecule has 4 rings (SSSR count). The maximum Gasteiger partial charge on any atom is 0.252 e. The van der Waals surface area contributed by atoms with Crippen LogP contribution in [-0.4, -0.2) is 71.8 Å². The van der Waals surface area contributed by atoms with E-state index < -0.39 is 10.0 Å². The highest BCUT2D eigenvalue weighted by molar-refractivity contribution is 7.91. The Morgan fingerprint density at radius 3 is 2.56 bits per heavy atom. The standard InChI is InChI=1S/C22H26ClN5O4S2/c1-26(15-17-5-3-2-4-6-17)21(29)9-8-20-24-19(25-32-20)16-27-11-13-28(14-12-27)34(30,31)22-10-7-18(23)33-22/h2-7,10H,8-9,11-16H2,1H3. The van der Waals surface area contributed by atoms with Crippen molar-refractivity contribution in [3.63, 3.8) is 0 Å². The molecule has 9 nitrogen and oxygen atoms in total. The molecule has 0 atom stereocenters. The van der Waals surface area contributed by atoms with Crippen molar-refractivity contribution >= 4 is 38.9 Å². The van der Waals surface area contributed by atoms with Gasteiger partial charge in [0, 0.05) is 52.6 Å². The molecule has 2 aromatic heterocycles. The molecule has 0 aliphatic carbocycles. The third-order valence-corrected chi connectivity index (χ3v) is 9.19. The molecular formula is C22H26ClN5O4S2. The van der Waals surface area contributed by atoms with Crippen molar-refractivity contribution in [3.8, 4) is 0 Å². The zero-order valence-corrected chi connectivity index (χ0v) is 21.2. The quantitative estimate of drug-likeness (QED) is 0.425. The van der Waals surface area contributed by atoms with Crippen LogP contribution in [0.3, 0.4) is 0 Å².